The van der Waals surface area contributed by atoms with Crippen molar-refractivity contribution < 1.29 is 13.2 Å². The van der Waals surface area contributed by atoms with Gasteiger partial charge in [0.15, 0.2) is 0 Å². The number of rotatable bonds is 5. The Morgan fingerprint density at radius 1 is 0.862 bits per heavy atom. The highest BCUT2D eigenvalue weighted by Crippen LogP contribution is 2.38. The summed E-state index contributed by atoms with van der Waals surface area (Å²) >= 11 is 0. The van der Waals surface area contributed by atoms with Crippen LogP contribution in [0.25, 0.3) is 33.0 Å². The van der Waals surface area contributed by atoms with Gasteiger partial charge in [-0.2, -0.15) is 0 Å². The highest BCUT2D eigenvalue weighted by Gasteiger charge is 2.14. The number of aromatic nitrogens is 1. The minimum Gasteiger partial charge on any atom is -0.496 e. The third-order valence-corrected chi connectivity index (χ3v) is 5.28. The van der Waals surface area contributed by atoms with Crippen LogP contribution in [-0.2, 0) is 10.0 Å². The van der Waals surface area contributed by atoms with Gasteiger partial charge in [-0.15, -0.1) is 0 Å². The quantitative estimate of drug-likeness (QED) is 0.511. The Hall–Kier alpha value is -3.38. The van der Waals surface area contributed by atoms with Crippen molar-refractivity contribution in [1.29, 1.82) is 0 Å². The Balaban J connectivity index is 1.85. The molecular weight excluding hydrogens is 384 g/mol. The molecule has 1 aromatic heterocycles. The minimum absolute atomic E-state index is 0.525. The van der Waals surface area contributed by atoms with Crippen molar-refractivity contribution >= 4 is 26.5 Å². The fourth-order valence-electron chi connectivity index (χ4n) is 3.44. The second-order valence-electron chi connectivity index (χ2n) is 6.74. The maximum absolute atomic E-state index is 11.7. The van der Waals surface area contributed by atoms with Crippen LogP contribution in [0.4, 0.5) is 5.69 Å². The average Bonchev–Trinajstić information content (AvgIpc) is 2.72. The van der Waals surface area contributed by atoms with Crippen molar-refractivity contribution in [2.75, 3.05) is 18.1 Å². The summed E-state index contributed by atoms with van der Waals surface area (Å²) in [5.41, 5.74) is 4.06. The van der Waals surface area contributed by atoms with Crippen LogP contribution >= 0.6 is 0 Å². The predicted octanol–water partition coefficient (Wildman–Crippen LogP) is 4.95. The first kappa shape index (κ1) is 19.0. The van der Waals surface area contributed by atoms with Gasteiger partial charge in [-0.1, -0.05) is 48.5 Å². The number of para-hydroxylation sites is 1. The van der Waals surface area contributed by atoms with E-state index in [1.54, 1.807) is 19.2 Å². The summed E-state index contributed by atoms with van der Waals surface area (Å²) in [5.74, 6) is 0.690. The Labute approximate surface area is 170 Å². The van der Waals surface area contributed by atoms with Crippen LogP contribution in [-0.4, -0.2) is 26.8 Å². The van der Waals surface area contributed by atoms with Crippen molar-refractivity contribution in [3.05, 3.63) is 79.1 Å². The molecule has 0 saturated heterocycles. The summed E-state index contributed by atoms with van der Waals surface area (Å²) in [4.78, 5) is 4.37. The summed E-state index contributed by atoms with van der Waals surface area (Å²) in [6, 6.07) is 21.2. The first-order chi connectivity index (χ1) is 14.0. The molecule has 3 aromatic carbocycles. The lowest BCUT2D eigenvalue weighted by atomic mass is 9.96. The molecule has 0 radical (unpaired) electrons. The smallest absolute Gasteiger partial charge is 0.229 e. The van der Waals surface area contributed by atoms with Crippen molar-refractivity contribution in [3.8, 4) is 28.0 Å². The maximum atomic E-state index is 11.7. The zero-order valence-electron chi connectivity index (χ0n) is 16.1. The van der Waals surface area contributed by atoms with E-state index in [0.29, 0.717) is 11.4 Å². The van der Waals surface area contributed by atoms with E-state index >= 15 is 0 Å². The number of anilines is 1. The van der Waals surface area contributed by atoms with Crippen LogP contribution in [0, 0.1) is 0 Å². The van der Waals surface area contributed by atoms with Crippen LogP contribution in [0.1, 0.15) is 0 Å². The van der Waals surface area contributed by atoms with Crippen LogP contribution in [0.5, 0.6) is 5.75 Å². The van der Waals surface area contributed by atoms with E-state index in [0.717, 1.165) is 39.3 Å². The largest absolute Gasteiger partial charge is 0.496 e. The average molecular weight is 404 g/mol. The number of pyridine rings is 1. The van der Waals surface area contributed by atoms with E-state index in [4.69, 9.17) is 4.74 Å². The van der Waals surface area contributed by atoms with Crippen molar-refractivity contribution in [1.82, 2.24) is 4.98 Å². The molecular formula is C23H20N2O3S. The summed E-state index contributed by atoms with van der Waals surface area (Å²) < 4.78 is 31.7. The molecule has 0 amide bonds. The normalized spacial score (nSPS) is 11.4. The number of benzene rings is 3. The zero-order chi connectivity index (χ0) is 20.4. The van der Waals surface area contributed by atoms with Gasteiger partial charge in [-0.25, -0.2) is 8.42 Å². The highest BCUT2D eigenvalue weighted by molar-refractivity contribution is 7.92. The van der Waals surface area contributed by atoms with Crippen LogP contribution in [0.3, 0.4) is 0 Å². The first-order valence-electron chi connectivity index (χ1n) is 9.04. The van der Waals surface area contributed by atoms with Crippen LogP contribution in [0.2, 0.25) is 0 Å². The molecule has 0 atom stereocenters. The van der Waals surface area contributed by atoms with E-state index in [1.807, 2.05) is 60.9 Å². The van der Waals surface area contributed by atoms with Crippen molar-refractivity contribution in [2.45, 2.75) is 0 Å². The third-order valence-electron chi connectivity index (χ3n) is 4.69. The zero-order valence-corrected chi connectivity index (χ0v) is 16.9. The molecule has 4 aromatic rings. The summed E-state index contributed by atoms with van der Waals surface area (Å²) in [7, 11) is -1.76. The van der Waals surface area contributed by atoms with E-state index in [2.05, 4.69) is 15.8 Å². The van der Waals surface area contributed by atoms with Gasteiger partial charge in [-0.05, 0) is 29.1 Å². The molecule has 0 fully saturated rings. The number of ether oxygens (including phenoxy) is 1. The van der Waals surface area contributed by atoms with Crippen molar-refractivity contribution in [2.24, 2.45) is 0 Å². The molecule has 0 bridgehead atoms. The number of nitrogens with one attached hydrogen (secondary N) is 1. The van der Waals surface area contributed by atoms with E-state index in [-0.39, 0.29) is 0 Å². The molecule has 29 heavy (non-hydrogen) atoms. The summed E-state index contributed by atoms with van der Waals surface area (Å²) in [5, 5.41) is 2.14. The number of fused-ring (bicyclic) bond motifs is 1. The number of sulfonamides is 1. The second-order valence-corrected chi connectivity index (χ2v) is 8.49. The number of nitrogens with zero attached hydrogens (tertiary/aromatic N) is 1. The molecule has 0 aliphatic heterocycles. The lowest BCUT2D eigenvalue weighted by Crippen LogP contribution is -2.10. The molecule has 4 rings (SSSR count). The maximum Gasteiger partial charge on any atom is 0.229 e. The van der Waals surface area contributed by atoms with Gasteiger partial charge < -0.3 is 4.74 Å². The summed E-state index contributed by atoms with van der Waals surface area (Å²) in [6.07, 6.45) is 4.81. The minimum atomic E-state index is -3.39. The van der Waals surface area contributed by atoms with Crippen LogP contribution in [0.15, 0.2) is 79.1 Å². The Bertz CT molecular complexity index is 1300. The lowest BCUT2D eigenvalue weighted by molar-refractivity contribution is 0.416. The van der Waals surface area contributed by atoms with Gasteiger partial charge in [0.1, 0.15) is 5.75 Å². The standard InChI is InChI=1S/C23H20N2O3S/c1-28-23-13-16(19-9-5-6-10-22(19)25-29(2,26)27)11-12-20(23)21-15-24-14-17-7-3-4-8-18(17)21/h3-15,25H,1-2H3. The molecule has 146 valence electrons. The van der Waals surface area contributed by atoms with Crippen molar-refractivity contribution in [3.63, 3.8) is 0 Å². The van der Waals surface area contributed by atoms with Crippen LogP contribution < -0.4 is 9.46 Å². The van der Waals surface area contributed by atoms with E-state index in [9.17, 15) is 8.42 Å². The van der Waals surface area contributed by atoms with Gasteiger partial charge in [0, 0.05) is 34.5 Å². The number of hydrogen-bond donors (Lipinski definition) is 1. The molecule has 0 aliphatic rings. The topological polar surface area (TPSA) is 68.3 Å². The van der Waals surface area contributed by atoms with E-state index < -0.39 is 10.0 Å². The number of hydrogen-bond acceptors (Lipinski definition) is 4. The monoisotopic (exact) mass is 404 g/mol. The lowest BCUT2D eigenvalue weighted by Gasteiger charge is -2.15. The first-order valence-corrected chi connectivity index (χ1v) is 10.9. The molecule has 6 heteroatoms. The van der Waals surface area contributed by atoms with Gasteiger partial charge in [0.2, 0.25) is 10.0 Å². The molecule has 5 nitrogen and oxygen atoms in total. The molecule has 0 spiro atoms. The second kappa shape index (κ2) is 7.56. The van der Waals surface area contributed by atoms with Gasteiger partial charge >= 0.3 is 0 Å². The Morgan fingerprint density at radius 3 is 2.41 bits per heavy atom. The SMILES string of the molecule is COc1cc(-c2ccccc2NS(C)(=O)=O)ccc1-c1cncc2ccccc12. The van der Waals surface area contributed by atoms with E-state index in [1.165, 1.54) is 0 Å². The highest BCUT2D eigenvalue weighted by atomic mass is 32.2. The third kappa shape index (κ3) is 3.93. The molecule has 0 saturated carbocycles. The fourth-order valence-corrected chi connectivity index (χ4v) is 4.01. The van der Waals surface area contributed by atoms with Gasteiger partial charge in [-0.3, -0.25) is 9.71 Å². The fraction of sp³-hybridized carbons (Fsp3) is 0.0870. The molecule has 1 N–H and O–H groups in total. The predicted molar refractivity (Wildman–Crippen MR) is 118 cm³/mol. The van der Waals surface area contributed by atoms with Gasteiger partial charge in [0.05, 0.1) is 19.1 Å². The molecule has 0 unspecified atom stereocenters. The van der Waals surface area contributed by atoms with Gasteiger partial charge in [0.25, 0.3) is 0 Å². The summed E-state index contributed by atoms with van der Waals surface area (Å²) in [6.45, 7) is 0. The molecule has 0 aliphatic carbocycles. The Morgan fingerprint density at radius 2 is 1.62 bits per heavy atom. The molecule has 1 heterocycles. The Kier molecular flexibility index (Phi) is 4.94. The number of methoxy groups -OCH3 is 1.